The molecular weight excluding hydrogens is 186 g/mol. The minimum Gasteiger partial charge on any atom is -0.219 e. The van der Waals surface area contributed by atoms with Gasteiger partial charge in [0, 0.05) is 5.41 Å². The van der Waals surface area contributed by atoms with Crippen molar-refractivity contribution in [3.63, 3.8) is 0 Å². The van der Waals surface area contributed by atoms with Gasteiger partial charge in [0.1, 0.15) is 0 Å². The molecule has 0 aliphatic rings. The van der Waals surface area contributed by atoms with E-state index in [0.717, 1.165) is 5.41 Å². The molecule has 3 nitrogen and oxygen atoms in total. The van der Waals surface area contributed by atoms with Gasteiger partial charge in [-0.1, -0.05) is 12.6 Å². The van der Waals surface area contributed by atoms with Crippen molar-refractivity contribution in [2.75, 3.05) is 0 Å². The maximum Gasteiger partial charge on any atom is 0.199 e. The molecule has 0 spiro atoms. The van der Waals surface area contributed by atoms with Gasteiger partial charge in [0.2, 0.25) is 0 Å². The molecule has 0 unspecified atom stereocenters. The molecule has 66 valence electrons. The molecule has 13 heavy (non-hydrogen) atoms. The Balaban J connectivity index is 3.34. The molecule has 0 aliphatic carbocycles. The SMILES string of the molecule is C=CS(=O)(=O)c1cccc(C#N)c1. The highest BCUT2D eigenvalue weighted by molar-refractivity contribution is 7.94. The van der Waals surface area contributed by atoms with E-state index in [0.29, 0.717) is 5.56 Å². The fourth-order valence-corrected chi connectivity index (χ4v) is 1.59. The van der Waals surface area contributed by atoms with Crippen LogP contribution in [-0.2, 0) is 9.84 Å². The zero-order valence-corrected chi connectivity index (χ0v) is 7.58. The van der Waals surface area contributed by atoms with Crippen molar-refractivity contribution in [3.05, 3.63) is 41.8 Å². The Hall–Kier alpha value is -1.60. The van der Waals surface area contributed by atoms with E-state index in [1.165, 1.54) is 18.2 Å². The number of sulfone groups is 1. The van der Waals surface area contributed by atoms with E-state index < -0.39 is 9.84 Å². The highest BCUT2D eigenvalue weighted by atomic mass is 32.2. The Bertz CT molecular complexity index is 469. The first kappa shape index (κ1) is 9.49. The van der Waals surface area contributed by atoms with Crippen LogP contribution in [0.4, 0.5) is 0 Å². The molecule has 0 saturated carbocycles. The second-order valence-electron chi connectivity index (χ2n) is 2.35. The van der Waals surface area contributed by atoms with Crippen LogP contribution in [0.15, 0.2) is 41.1 Å². The second-order valence-corrected chi connectivity index (χ2v) is 4.25. The molecule has 0 fully saturated rings. The Labute approximate surface area is 76.9 Å². The van der Waals surface area contributed by atoms with Crippen LogP contribution in [0.5, 0.6) is 0 Å². The lowest BCUT2D eigenvalue weighted by atomic mass is 10.2. The average molecular weight is 193 g/mol. The summed E-state index contributed by atoms with van der Waals surface area (Å²) in [6, 6.07) is 7.68. The van der Waals surface area contributed by atoms with Crippen LogP contribution in [-0.4, -0.2) is 8.42 Å². The molecule has 0 amide bonds. The van der Waals surface area contributed by atoms with Crippen LogP contribution in [0.1, 0.15) is 5.56 Å². The zero-order valence-electron chi connectivity index (χ0n) is 6.77. The molecule has 0 N–H and O–H groups in total. The lowest BCUT2D eigenvalue weighted by molar-refractivity contribution is 0.604. The Morgan fingerprint density at radius 1 is 1.46 bits per heavy atom. The third-order valence-electron chi connectivity index (χ3n) is 1.51. The molecule has 4 heteroatoms. The summed E-state index contributed by atoms with van der Waals surface area (Å²) in [5.41, 5.74) is 0.322. The molecule has 0 bridgehead atoms. The van der Waals surface area contributed by atoms with E-state index in [9.17, 15) is 8.42 Å². The number of benzene rings is 1. The van der Waals surface area contributed by atoms with Gasteiger partial charge in [0.05, 0.1) is 16.5 Å². The van der Waals surface area contributed by atoms with Crippen LogP contribution < -0.4 is 0 Å². The molecule has 1 aromatic rings. The van der Waals surface area contributed by atoms with E-state index in [2.05, 4.69) is 6.58 Å². The molecule has 1 rings (SSSR count). The Morgan fingerprint density at radius 2 is 2.15 bits per heavy atom. The molecule has 1 aromatic carbocycles. The number of hydrogen-bond acceptors (Lipinski definition) is 3. The van der Waals surface area contributed by atoms with E-state index in [-0.39, 0.29) is 4.90 Å². The predicted octanol–water partition coefficient (Wildman–Crippen LogP) is 1.48. The van der Waals surface area contributed by atoms with Gasteiger partial charge in [-0.2, -0.15) is 5.26 Å². The van der Waals surface area contributed by atoms with Crippen molar-refractivity contribution < 1.29 is 8.42 Å². The fourth-order valence-electron chi connectivity index (χ4n) is 0.839. The predicted molar refractivity (Wildman–Crippen MR) is 48.5 cm³/mol. The summed E-state index contributed by atoms with van der Waals surface area (Å²) in [4.78, 5) is 0.0987. The summed E-state index contributed by atoms with van der Waals surface area (Å²) in [6.07, 6.45) is 0. The third-order valence-corrected chi connectivity index (χ3v) is 2.86. The van der Waals surface area contributed by atoms with Crippen LogP contribution in [0.3, 0.4) is 0 Å². The molecule has 0 saturated heterocycles. The van der Waals surface area contributed by atoms with E-state index in [1.807, 2.05) is 6.07 Å². The number of nitrogens with zero attached hydrogens (tertiary/aromatic N) is 1. The summed E-state index contributed by atoms with van der Waals surface area (Å²) in [6.45, 7) is 3.19. The van der Waals surface area contributed by atoms with E-state index in [1.54, 1.807) is 6.07 Å². The third kappa shape index (κ3) is 1.95. The zero-order chi connectivity index (χ0) is 9.90. The van der Waals surface area contributed by atoms with Crippen molar-refractivity contribution in [1.82, 2.24) is 0 Å². The largest absolute Gasteiger partial charge is 0.219 e. The fraction of sp³-hybridized carbons (Fsp3) is 0. The summed E-state index contributed by atoms with van der Waals surface area (Å²) < 4.78 is 22.5. The van der Waals surface area contributed by atoms with Gasteiger partial charge in [-0.3, -0.25) is 0 Å². The lowest BCUT2D eigenvalue weighted by Gasteiger charge is -1.97. The maximum absolute atomic E-state index is 11.2. The average Bonchev–Trinajstić information content (AvgIpc) is 2.18. The first-order chi connectivity index (χ1) is 6.10. The van der Waals surface area contributed by atoms with Crippen molar-refractivity contribution in [2.24, 2.45) is 0 Å². The van der Waals surface area contributed by atoms with E-state index in [4.69, 9.17) is 5.26 Å². The minimum absolute atomic E-state index is 0.0987. The monoisotopic (exact) mass is 193 g/mol. The van der Waals surface area contributed by atoms with Gasteiger partial charge in [-0.25, -0.2) is 8.42 Å². The molecule has 0 atom stereocenters. The molecular formula is C9H7NO2S. The van der Waals surface area contributed by atoms with Gasteiger partial charge < -0.3 is 0 Å². The first-order valence-electron chi connectivity index (χ1n) is 3.48. The van der Waals surface area contributed by atoms with Crippen LogP contribution >= 0.6 is 0 Å². The Kier molecular flexibility index (Phi) is 2.49. The van der Waals surface area contributed by atoms with Gasteiger partial charge in [-0.05, 0) is 18.2 Å². The highest BCUT2D eigenvalue weighted by Gasteiger charge is 2.08. The van der Waals surface area contributed by atoms with Crippen LogP contribution in [0.25, 0.3) is 0 Å². The van der Waals surface area contributed by atoms with Gasteiger partial charge in [0.15, 0.2) is 9.84 Å². The number of hydrogen-bond donors (Lipinski definition) is 0. The van der Waals surface area contributed by atoms with Crippen molar-refractivity contribution in [3.8, 4) is 6.07 Å². The minimum atomic E-state index is -3.42. The van der Waals surface area contributed by atoms with Crippen LogP contribution in [0, 0.1) is 11.3 Å². The number of rotatable bonds is 2. The molecule has 0 radical (unpaired) electrons. The first-order valence-corrected chi connectivity index (χ1v) is 5.02. The van der Waals surface area contributed by atoms with Crippen LogP contribution in [0.2, 0.25) is 0 Å². The second kappa shape index (κ2) is 3.42. The summed E-state index contributed by atoms with van der Waals surface area (Å²) in [5.74, 6) is 0. The van der Waals surface area contributed by atoms with Crippen molar-refractivity contribution in [1.29, 1.82) is 5.26 Å². The maximum atomic E-state index is 11.2. The summed E-state index contributed by atoms with van der Waals surface area (Å²) in [7, 11) is -3.42. The smallest absolute Gasteiger partial charge is 0.199 e. The number of nitriles is 1. The van der Waals surface area contributed by atoms with Gasteiger partial charge in [-0.15, -0.1) is 0 Å². The summed E-state index contributed by atoms with van der Waals surface area (Å²) >= 11 is 0. The molecule has 0 heterocycles. The molecule has 0 aliphatic heterocycles. The lowest BCUT2D eigenvalue weighted by Crippen LogP contribution is -1.95. The summed E-state index contributed by atoms with van der Waals surface area (Å²) in [5, 5.41) is 9.39. The quantitative estimate of drug-likeness (QED) is 0.714. The van der Waals surface area contributed by atoms with Gasteiger partial charge >= 0.3 is 0 Å². The molecule has 0 aromatic heterocycles. The standard InChI is InChI=1S/C9H7NO2S/c1-2-13(11,12)9-5-3-4-8(6-9)7-10/h2-6H,1H2. The normalized spacial score (nSPS) is 10.4. The van der Waals surface area contributed by atoms with E-state index >= 15 is 0 Å². The van der Waals surface area contributed by atoms with Gasteiger partial charge in [0.25, 0.3) is 0 Å². The Morgan fingerprint density at radius 3 is 2.69 bits per heavy atom. The highest BCUT2D eigenvalue weighted by Crippen LogP contribution is 2.12. The van der Waals surface area contributed by atoms with Crippen molar-refractivity contribution in [2.45, 2.75) is 4.90 Å². The van der Waals surface area contributed by atoms with Crippen molar-refractivity contribution >= 4 is 9.84 Å². The topological polar surface area (TPSA) is 57.9 Å².